The molecule has 0 aliphatic rings. The van der Waals surface area contributed by atoms with E-state index in [4.69, 9.17) is 0 Å². The average Bonchev–Trinajstić information content (AvgIpc) is 2.86. The number of carbonyl (C=O) groups is 1. The molecule has 0 saturated heterocycles. The number of Topliss-reactive ketones (excluding diaryl/α,β-unsaturated/α-hetero) is 1. The van der Waals surface area contributed by atoms with Gasteiger partial charge in [-0.3, -0.25) is 14.5 Å². The molecule has 18 heavy (non-hydrogen) atoms. The second kappa shape index (κ2) is 6.10. The van der Waals surface area contributed by atoms with Gasteiger partial charge in [-0.25, -0.2) is 0 Å². The van der Waals surface area contributed by atoms with Gasteiger partial charge in [0.25, 0.3) is 0 Å². The molecule has 0 amide bonds. The van der Waals surface area contributed by atoms with Crippen LogP contribution in [0.25, 0.3) is 0 Å². The second-order valence-corrected chi connectivity index (χ2v) is 4.24. The van der Waals surface area contributed by atoms with Gasteiger partial charge in [-0.2, -0.15) is 5.10 Å². The van der Waals surface area contributed by atoms with Crippen LogP contribution in [0.2, 0.25) is 0 Å². The largest absolute Gasteiger partial charge is 0.294 e. The smallest absolute Gasteiger partial charge is 0.166 e. The summed E-state index contributed by atoms with van der Waals surface area (Å²) in [6.45, 7) is 2.94. The summed E-state index contributed by atoms with van der Waals surface area (Å²) in [5, 5.41) is 4.16. The molecule has 2 heterocycles. The van der Waals surface area contributed by atoms with E-state index in [1.54, 1.807) is 12.4 Å². The molecule has 4 heteroatoms. The zero-order valence-electron chi connectivity index (χ0n) is 10.5. The normalized spacial score (nSPS) is 10.5. The van der Waals surface area contributed by atoms with E-state index in [1.807, 2.05) is 29.1 Å². The van der Waals surface area contributed by atoms with Crippen molar-refractivity contribution in [3.05, 3.63) is 48.0 Å². The van der Waals surface area contributed by atoms with Crippen LogP contribution >= 0.6 is 0 Å². The lowest BCUT2D eigenvalue weighted by atomic mass is 10.1. The lowest BCUT2D eigenvalue weighted by Gasteiger charge is -1.98. The molecule has 0 atom stereocenters. The summed E-state index contributed by atoms with van der Waals surface area (Å²) in [7, 11) is 0. The van der Waals surface area contributed by atoms with Crippen molar-refractivity contribution in [2.24, 2.45) is 0 Å². The Balaban J connectivity index is 1.91. The summed E-state index contributed by atoms with van der Waals surface area (Å²) in [5.41, 5.74) is 1.64. The number of hydrogen-bond donors (Lipinski definition) is 0. The lowest BCUT2D eigenvalue weighted by molar-refractivity contribution is 0.0982. The summed E-state index contributed by atoms with van der Waals surface area (Å²) in [6, 6.07) is 5.75. The number of nitrogens with zero attached hydrogens (tertiary/aromatic N) is 3. The maximum atomic E-state index is 12.0. The van der Waals surface area contributed by atoms with Crippen molar-refractivity contribution in [1.29, 1.82) is 0 Å². The SMILES string of the molecule is CCCn1cc(C(=O)CCc2ccccn2)cn1. The van der Waals surface area contributed by atoms with Gasteiger partial charge in [0.15, 0.2) is 5.78 Å². The Hall–Kier alpha value is -1.97. The minimum atomic E-state index is 0.128. The third kappa shape index (κ3) is 3.26. The highest BCUT2D eigenvalue weighted by Gasteiger charge is 2.09. The van der Waals surface area contributed by atoms with E-state index in [1.165, 1.54) is 0 Å². The van der Waals surface area contributed by atoms with E-state index in [-0.39, 0.29) is 5.78 Å². The van der Waals surface area contributed by atoms with Crippen molar-refractivity contribution >= 4 is 5.78 Å². The van der Waals surface area contributed by atoms with E-state index in [0.29, 0.717) is 18.4 Å². The van der Waals surface area contributed by atoms with E-state index in [9.17, 15) is 4.79 Å². The van der Waals surface area contributed by atoms with E-state index < -0.39 is 0 Å². The Morgan fingerprint density at radius 2 is 2.28 bits per heavy atom. The number of pyridine rings is 1. The fourth-order valence-corrected chi connectivity index (χ4v) is 1.79. The van der Waals surface area contributed by atoms with Crippen LogP contribution in [0.15, 0.2) is 36.8 Å². The number of carbonyl (C=O) groups excluding carboxylic acids is 1. The topological polar surface area (TPSA) is 47.8 Å². The van der Waals surface area contributed by atoms with Gasteiger partial charge in [-0.1, -0.05) is 13.0 Å². The molecule has 0 saturated carbocycles. The van der Waals surface area contributed by atoms with Crippen molar-refractivity contribution in [3.8, 4) is 0 Å². The third-order valence-electron chi connectivity index (χ3n) is 2.74. The zero-order valence-corrected chi connectivity index (χ0v) is 10.5. The fourth-order valence-electron chi connectivity index (χ4n) is 1.79. The maximum Gasteiger partial charge on any atom is 0.166 e. The highest BCUT2D eigenvalue weighted by molar-refractivity contribution is 5.95. The number of ketones is 1. The van der Waals surface area contributed by atoms with Crippen LogP contribution < -0.4 is 0 Å². The minimum Gasteiger partial charge on any atom is -0.294 e. The zero-order chi connectivity index (χ0) is 12.8. The molecule has 2 rings (SSSR count). The molecule has 0 spiro atoms. The van der Waals surface area contributed by atoms with Gasteiger partial charge >= 0.3 is 0 Å². The second-order valence-electron chi connectivity index (χ2n) is 4.24. The number of rotatable bonds is 6. The van der Waals surface area contributed by atoms with Crippen molar-refractivity contribution in [2.75, 3.05) is 0 Å². The van der Waals surface area contributed by atoms with Crippen molar-refractivity contribution < 1.29 is 4.79 Å². The van der Waals surface area contributed by atoms with Gasteiger partial charge in [0.2, 0.25) is 0 Å². The summed E-state index contributed by atoms with van der Waals surface area (Å²) in [5.74, 6) is 0.128. The summed E-state index contributed by atoms with van der Waals surface area (Å²) in [6.07, 6.45) is 7.40. The Morgan fingerprint density at radius 1 is 1.39 bits per heavy atom. The Labute approximate surface area is 107 Å². The van der Waals surface area contributed by atoms with Gasteiger partial charge in [0, 0.05) is 31.1 Å². The van der Waals surface area contributed by atoms with Crippen molar-refractivity contribution in [2.45, 2.75) is 32.7 Å². The Morgan fingerprint density at radius 3 is 3.00 bits per heavy atom. The predicted molar refractivity (Wildman–Crippen MR) is 69.4 cm³/mol. The van der Waals surface area contributed by atoms with Crippen LogP contribution in [0.1, 0.15) is 35.8 Å². The van der Waals surface area contributed by atoms with Crippen LogP contribution in [-0.2, 0) is 13.0 Å². The molecule has 0 N–H and O–H groups in total. The molecule has 0 aromatic carbocycles. The van der Waals surface area contributed by atoms with E-state index in [2.05, 4.69) is 17.0 Å². The summed E-state index contributed by atoms with van der Waals surface area (Å²) < 4.78 is 1.81. The first-order valence-electron chi connectivity index (χ1n) is 6.25. The third-order valence-corrected chi connectivity index (χ3v) is 2.74. The molecule has 0 radical (unpaired) electrons. The number of aromatic nitrogens is 3. The van der Waals surface area contributed by atoms with Crippen molar-refractivity contribution in [1.82, 2.24) is 14.8 Å². The summed E-state index contributed by atoms with van der Waals surface area (Å²) in [4.78, 5) is 16.2. The fraction of sp³-hybridized carbons (Fsp3) is 0.357. The molecule has 2 aromatic heterocycles. The first kappa shape index (κ1) is 12.5. The molecule has 4 nitrogen and oxygen atoms in total. The first-order chi connectivity index (χ1) is 8.79. The summed E-state index contributed by atoms with van der Waals surface area (Å²) >= 11 is 0. The van der Waals surface area contributed by atoms with Gasteiger partial charge in [0.1, 0.15) is 0 Å². The first-order valence-corrected chi connectivity index (χ1v) is 6.25. The Kier molecular flexibility index (Phi) is 4.23. The van der Waals surface area contributed by atoms with Gasteiger partial charge in [-0.05, 0) is 25.0 Å². The molecular weight excluding hydrogens is 226 g/mol. The molecule has 2 aromatic rings. The molecular formula is C14H17N3O. The minimum absolute atomic E-state index is 0.128. The van der Waals surface area contributed by atoms with Crippen LogP contribution in [-0.4, -0.2) is 20.5 Å². The van der Waals surface area contributed by atoms with Gasteiger partial charge < -0.3 is 0 Å². The van der Waals surface area contributed by atoms with Crippen LogP contribution in [0.4, 0.5) is 0 Å². The Bertz CT molecular complexity index is 505. The quantitative estimate of drug-likeness (QED) is 0.732. The van der Waals surface area contributed by atoms with Crippen LogP contribution in [0.5, 0.6) is 0 Å². The molecule has 0 aliphatic heterocycles. The predicted octanol–water partition coefficient (Wildman–Crippen LogP) is 2.50. The van der Waals surface area contributed by atoms with Crippen LogP contribution in [0.3, 0.4) is 0 Å². The van der Waals surface area contributed by atoms with Gasteiger partial charge in [-0.15, -0.1) is 0 Å². The molecule has 0 bridgehead atoms. The van der Waals surface area contributed by atoms with E-state index >= 15 is 0 Å². The van der Waals surface area contributed by atoms with Gasteiger partial charge in [0.05, 0.1) is 11.8 Å². The highest BCUT2D eigenvalue weighted by atomic mass is 16.1. The van der Waals surface area contributed by atoms with E-state index in [0.717, 1.165) is 18.7 Å². The maximum absolute atomic E-state index is 12.0. The molecule has 0 fully saturated rings. The monoisotopic (exact) mass is 243 g/mol. The van der Waals surface area contributed by atoms with Crippen molar-refractivity contribution in [3.63, 3.8) is 0 Å². The molecule has 94 valence electrons. The number of aryl methyl sites for hydroxylation is 2. The highest BCUT2D eigenvalue weighted by Crippen LogP contribution is 2.06. The molecule has 0 aliphatic carbocycles. The average molecular weight is 243 g/mol. The number of hydrogen-bond acceptors (Lipinski definition) is 3. The standard InChI is InChI=1S/C14H17N3O/c1-2-9-17-11-12(10-16-17)14(18)7-6-13-5-3-4-8-15-13/h3-5,8,10-11H,2,6-7,9H2,1H3. The molecule has 0 unspecified atom stereocenters. The van der Waals surface area contributed by atoms with Crippen LogP contribution in [0, 0.1) is 0 Å². The lowest BCUT2D eigenvalue weighted by Crippen LogP contribution is -2.01.